The Bertz CT molecular complexity index is 1490. The second-order valence-electron chi connectivity index (χ2n) is 12.5. The van der Waals surface area contributed by atoms with Crippen molar-refractivity contribution in [3.8, 4) is 0 Å². The van der Waals surface area contributed by atoms with Crippen LogP contribution in [0.3, 0.4) is 0 Å². The van der Waals surface area contributed by atoms with Crippen molar-refractivity contribution < 1.29 is 18.3 Å². The van der Waals surface area contributed by atoms with E-state index in [-0.39, 0.29) is 29.6 Å². The summed E-state index contributed by atoms with van der Waals surface area (Å²) in [6.45, 7) is 9.95. The molecule has 3 aromatic rings. The van der Waals surface area contributed by atoms with Crippen molar-refractivity contribution in [2.75, 3.05) is 43.4 Å². The first kappa shape index (κ1) is 32.1. The number of hydrogen-bond donors (Lipinski definition) is 1. The van der Waals surface area contributed by atoms with E-state index in [1.165, 1.54) is 11.9 Å². The first-order valence-corrected chi connectivity index (χ1v) is 17.4. The summed E-state index contributed by atoms with van der Waals surface area (Å²) in [5, 5.41) is 9.08. The lowest BCUT2D eigenvalue weighted by Crippen LogP contribution is -2.58. The van der Waals surface area contributed by atoms with Crippen LogP contribution in [-0.4, -0.2) is 89.3 Å². The summed E-state index contributed by atoms with van der Waals surface area (Å²) < 4.78 is 24.5. The van der Waals surface area contributed by atoms with Crippen molar-refractivity contribution in [2.24, 2.45) is 0 Å². The molecule has 2 saturated heterocycles. The Hall–Kier alpha value is -3.34. The van der Waals surface area contributed by atoms with Crippen molar-refractivity contribution in [3.05, 3.63) is 89.0 Å². The second kappa shape index (κ2) is 13.7. The average molecular weight is 620 g/mol. The number of aromatic nitrogens is 2. The highest BCUT2D eigenvalue weighted by Crippen LogP contribution is 2.34. The number of nitrogens with zero attached hydrogens (tertiary/aromatic N) is 5. The Labute approximate surface area is 261 Å². The number of aliphatic hydroxyl groups excluding tert-OH is 1. The highest BCUT2D eigenvalue weighted by atomic mass is 32.2. The monoisotopic (exact) mass is 619 g/mol. The number of hydrogen-bond acceptors (Lipinski definition) is 8. The molecule has 5 rings (SSSR count). The van der Waals surface area contributed by atoms with Crippen LogP contribution in [-0.2, 0) is 22.1 Å². The van der Waals surface area contributed by atoms with Gasteiger partial charge in [0.15, 0.2) is 9.84 Å². The second-order valence-corrected chi connectivity index (χ2v) is 14.7. The largest absolute Gasteiger partial charge is 0.395 e. The van der Waals surface area contributed by atoms with Crippen molar-refractivity contribution in [3.63, 3.8) is 0 Å². The molecule has 1 N–H and O–H groups in total. The smallest absolute Gasteiger partial charge is 0.257 e. The fourth-order valence-electron chi connectivity index (χ4n) is 6.75. The normalized spacial score (nSPS) is 17.9. The van der Waals surface area contributed by atoms with E-state index in [2.05, 4.69) is 51.0 Å². The number of aliphatic hydroxyl groups is 1. The average Bonchev–Trinajstić information content (AvgIpc) is 3.01. The molecule has 9 nitrogen and oxygen atoms in total. The predicted molar refractivity (Wildman–Crippen MR) is 173 cm³/mol. The SMILES string of the molecule is Cc1ncnc(C)c1C(=O)N1CCC(C)(N2CCC(N(Cc3ccccc3)c3ccc(CS(=O)(=O)CCO)cc3)CC2)CC1. The van der Waals surface area contributed by atoms with Gasteiger partial charge in [-0.15, -0.1) is 0 Å². The molecule has 0 radical (unpaired) electrons. The lowest BCUT2D eigenvalue weighted by atomic mass is 9.85. The standard InChI is InChI=1S/C34H45N5O4S/c1-26-32(27(2)36-25-35-26)33(41)37-19-15-34(3,16-20-37)38-17-13-31(14-18-38)39(23-28-7-5-4-6-8-28)30-11-9-29(10-12-30)24-44(42,43)22-21-40/h4-12,25,31,40H,13-24H2,1-3H3. The van der Waals surface area contributed by atoms with Crippen molar-refractivity contribution >= 4 is 21.4 Å². The Kier molecular flexibility index (Phi) is 10.0. The predicted octanol–water partition coefficient (Wildman–Crippen LogP) is 4.17. The molecule has 2 aliphatic heterocycles. The Morgan fingerprint density at radius 1 is 0.932 bits per heavy atom. The van der Waals surface area contributed by atoms with Crippen LogP contribution < -0.4 is 4.90 Å². The molecule has 0 atom stereocenters. The number of amides is 1. The summed E-state index contributed by atoms with van der Waals surface area (Å²) in [5.41, 5.74) is 5.21. The number of carbonyl (C=O) groups excluding carboxylic acids is 1. The van der Waals surface area contributed by atoms with Gasteiger partial charge in [0.25, 0.3) is 5.91 Å². The number of carbonyl (C=O) groups is 1. The van der Waals surface area contributed by atoms with E-state index < -0.39 is 9.84 Å². The molecule has 0 unspecified atom stereocenters. The number of sulfone groups is 1. The number of aryl methyl sites for hydroxylation is 2. The fourth-order valence-corrected chi connectivity index (χ4v) is 7.87. The van der Waals surface area contributed by atoms with Gasteiger partial charge in [-0.2, -0.15) is 0 Å². The van der Waals surface area contributed by atoms with Crippen LogP contribution in [0, 0.1) is 13.8 Å². The lowest BCUT2D eigenvalue weighted by Gasteiger charge is -2.50. The number of benzene rings is 2. The molecule has 0 aliphatic carbocycles. The van der Waals surface area contributed by atoms with Gasteiger partial charge in [0, 0.05) is 50.0 Å². The number of piperidine rings is 2. The molecule has 1 amide bonds. The van der Waals surface area contributed by atoms with E-state index >= 15 is 0 Å². The third-order valence-corrected chi connectivity index (χ3v) is 11.1. The molecule has 0 bridgehead atoms. The van der Waals surface area contributed by atoms with Gasteiger partial charge in [-0.25, -0.2) is 18.4 Å². The minimum absolute atomic E-state index is 0.0370. The van der Waals surface area contributed by atoms with Gasteiger partial charge in [0.2, 0.25) is 0 Å². The summed E-state index contributed by atoms with van der Waals surface area (Å²) in [6, 6.07) is 18.7. The Balaban J connectivity index is 1.24. The minimum atomic E-state index is -3.33. The van der Waals surface area contributed by atoms with E-state index in [4.69, 9.17) is 5.11 Å². The van der Waals surface area contributed by atoms with Crippen molar-refractivity contribution in [1.29, 1.82) is 0 Å². The summed E-state index contributed by atoms with van der Waals surface area (Å²) in [4.78, 5) is 28.9. The highest BCUT2D eigenvalue weighted by molar-refractivity contribution is 7.90. The van der Waals surface area contributed by atoms with Crippen LogP contribution in [0.4, 0.5) is 5.69 Å². The van der Waals surface area contributed by atoms with Gasteiger partial charge in [-0.05, 0) is 69.7 Å². The third-order valence-electron chi connectivity index (χ3n) is 9.49. The maximum Gasteiger partial charge on any atom is 0.257 e. The van der Waals surface area contributed by atoms with E-state index in [1.54, 1.807) is 0 Å². The van der Waals surface area contributed by atoms with Crippen LogP contribution in [0.15, 0.2) is 60.9 Å². The van der Waals surface area contributed by atoms with Gasteiger partial charge in [0.1, 0.15) is 6.33 Å². The summed E-state index contributed by atoms with van der Waals surface area (Å²) in [5.74, 6) is -0.248. The molecule has 2 aliphatic rings. The van der Waals surface area contributed by atoms with Crippen LogP contribution in [0.1, 0.15) is 65.5 Å². The lowest BCUT2D eigenvalue weighted by molar-refractivity contribution is 0.0170. The Morgan fingerprint density at radius 2 is 1.55 bits per heavy atom. The van der Waals surface area contributed by atoms with Crippen LogP contribution in [0.5, 0.6) is 0 Å². The van der Waals surface area contributed by atoms with E-state index in [0.717, 1.165) is 81.0 Å². The van der Waals surface area contributed by atoms with E-state index in [0.29, 0.717) is 11.6 Å². The van der Waals surface area contributed by atoms with E-state index in [1.807, 2.05) is 49.1 Å². The molecule has 0 spiro atoms. The van der Waals surface area contributed by atoms with Gasteiger partial charge in [0.05, 0.1) is 35.1 Å². The molecule has 236 valence electrons. The summed E-state index contributed by atoms with van der Waals surface area (Å²) in [6.07, 6.45) is 5.43. The minimum Gasteiger partial charge on any atom is -0.395 e. The molecule has 10 heteroatoms. The van der Waals surface area contributed by atoms with Gasteiger partial charge in [-0.3, -0.25) is 9.69 Å². The number of likely N-dealkylation sites (tertiary alicyclic amines) is 2. The molecule has 2 aromatic carbocycles. The van der Waals surface area contributed by atoms with Crippen LogP contribution >= 0.6 is 0 Å². The molecule has 1 aromatic heterocycles. The van der Waals surface area contributed by atoms with Gasteiger partial charge in [-0.1, -0.05) is 42.5 Å². The fraction of sp³-hybridized carbons (Fsp3) is 0.500. The first-order chi connectivity index (χ1) is 21.1. The topological polar surface area (TPSA) is 107 Å². The zero-order chi connectivity index (χ0) is 31.3. The zero-order valence-electron chi connectivity index (χ0n) is 26.2. The molecule has 44 heavy (non-hydrogen) atoms. The summed E-state index contributed by atoms with van der Waals surface area (Å²) >= 11 is 0. The molecule has 3 heterocycles. The molecular formula is C34H45N5O4S. The molecule has 2 fully saturated rings. The number of anilines is 1. The van der Waals surface area contributed by atoms with Gasteiger partial charge < -0.3 is 14.9 Å². The van der Waals surface area contributed by atoms with Crippen molar-refractivity contribution in [2.45, 2.75) is 70.3 Å². The first-order valence-electron chi connectivity index (χ1n) is 15.6. The van der Waals surface area contributed by atoms with Gasteiger partial charge >= 0.3 is 0 Å². The third kappa shape index (κ3) is 7.47. The quantitative estimate of drug-likeness (QED) is 0.361. The summed E-state index contributed by atoms with van der Waals surface area (Å²) in [7, 11) is -3.33. The molecule has 0 saturated carbocycles. The van der Waals surface area contributed by atoms with E-state index in [9.17, 15) is 13.2 Å². The highest BCUT2D eigenvalue weighted by Gasteiger charge is 2.39. The Morgan fingerprint density at radius 3 is 2.14 bits per heavy atom. The van der Waals surface area contributed by atoms with Crippen LogP contribution in [0.25, 0.3) is 0 Å². The van der Waals surface area contributed by atoms with Crippen molar-refractivity contribution in [1.82, 2.24) is 19.8 Å². The zero-order valence-corrected chi connectivity index (χ0v) is 27.0. The maximum atomic E-state index is 13.3. The maximum absolute atomic E-state index is 13.3. The van der Waals surface area contributed by atoms with Crippen LogP contribution in [0.2, 0.25) is 0 Å². The number of rotatable bonds is 10. The molecular weight excluding hydrogens is 574 g/mol.